The standard InChI is InChI=1S/C16H16ClN3O/c1-2-6-18-16(11-5-7-19-20-10-11)15-9-12-8-13(17)3-4-14(12)21-15/h3-5,7-10,16,18H,2,6H2,1H3. The molecule has 1 N–H and O–H groups in total. The Morgan fingerprint density at radius 3 is 2.90 bits per heavy atom. The highest BCUT2D eigenvalue weighted by Gasteiger charge is 2.18. The van der Waals surface area contributed by atoms with Crippen LogP contribution >= 0.6 is 11.6 Å². The van der Waals surface area contributed by atoms with E-state index in [9.17, 15) is 0 Å². The number of nitrogens with one attached hydrogen (secondary N) is 1. The minimum Gasteiger partial charge on any atom is -0.459 e. The first-order valence-corrected chi connectivity index (χ1v) is 7.34. The van der Waals surface area contributed by atoms with E-state index in [1.165, 1.54) is 0 Å². The molecule has 3 aromatic rings. The van der Waals surface area contributed by atoms with E-state index >= 15 is 0 Å². The average Bonchev–Trinajstić information content (AvgIpc) is 2.91. The van der Waals surface area contributed by atoms with Gasteiger partial charge < -0.3 is 9.73 Å². The molecule has 0 saturated carbocycles. The molecule has 21 heavy (non-hydrogen) atoms. The van der Waals surface area contributed by atoms with Crippen LogP contribution < -0.4 is 5.32 Å². The van der Waals surface area contributed by atoms with E-state index in [0.29, 0.717) is 5.02 Å². The van der Waals surface area contributed by atoms with Gasteiger partial charge in [-0.3, -0.25) is 0 Å². The third-order valence-electron chi connectivity index (χ3n) is 3.32. The van der Waals surface area contributed by atoms with E-state index < -0.39 is 0 Å². The molecule has 0 aliphatic rings. The lowest BCUT2D eigenvalue weighted by atomic mass is 10.1. The van der Waals surface area contributed by atoms with Gasteiger partial charge >= 0.3 is 0 Å². The maximum atomic E-state index is 6.03. The summed E-state index contributed by atoms with van der Waals surface area (Å²) in [5, 5.41) is 13.0. The quantitative estimate of drug-likeness (QED) is 0.775. The van der Waals surface area contributed by atoms with Gasteiger partial charge in [0, 0.05) is 16.6 Å². The van der Waals surface area contributed by atoms with Gasteiger partial charge in [0.05, 0.1) is 12.2 Å². The minimum atomic E-state index is -0.0355. The van der Waals surface area contributed by atoms with Crippen LogP contribution in [0.25, 0.3) is 11.0 Å². The summed E-state index contributed by atoms with van der Waals surface area (Å²) >= 11 is 6.03. The number of aromatic nitrogens is 2. The lowest BCUT2D eigenvalue weighted by Gasteiger charge is -2.15. The summed E-state index contributed by atoms with van der Waals surface area (Å²) in [6.07, 6.45) is 4.49. The van der Waals surface area contributed by atoms with E-state index in [4.69, 9.17) is 16.0 Å². The molecule has 3 rings (SSSR count). The SMILES string of the molecule is CCCNC(c1ccnnc1)c1cc2cc(Cl)ccc2o1. The molecular formula is C16H16ClN3O. The highest BCUT2D eigenvalue weighted by atomic mass is 35.5. The second-order valence-electron chi connectivity index (χ2n) is 4.89. The van der Waals surface area contributed by atoms with Crippen molar-refractivity contribution in [2.75, 3.05) is 6.54 Å². The molecule has 5 heteroatoms. The van der Waals surface area contributed by atoms with Crippen molar-refractivity contribution in [3.05, 3.63) is 59.1 Å². The van der Waals surface area contributed by atoms with Gasteiger partial charge in [-0.1, -0.05) is 18.5 Å². The Labute approximate surface area is 128 Å². The van der Waals surface area contributed by atoms with Crippen LogP contribution in [0.5, 0.6) is 0 Å². The topological polar surface area (TPSA) is 51.0 Å². The lowest BCUT2D eigenvalue weighted by Crippen LogP contribution is -2.22. The Morgan fingerprint density at radius 1 is 1.24 bits per heavy atom. The molecule has 0 spiro atoms. The van der Waals surface area contributed by atoms with Gasteiger partial charge in [-0.25, -0.2) is 0 Å². The Balaban J connectivity index is 2.01. The molecule has 0 saturated heterocycles. The summed E-state index contributed by atoms with van der Waals surface area (Å²) in [6, 6.07) is 9.57. The van der Waals surface area contributed by atoms with E-state index in [1.807, 2.05) is 30.3 Å². The maximum absolute atomic E-state index is 6.03. The fourth-order valence-corrected chi connectivity index (χ4v) is 2.50. The maximum Gasteiger partial charge on any atom is 0.134 e. The van der Waals surface area contributed by atoms with E-state index in [2.05, 4.69) is 22.4 Å². The molecule has 2 heterocycles. The first kappa shape index (κ1) is 14.0. The van der Waals surface area contributed by atoms with Crippen LogP contribution in [-0.2, 0) is 0 Å². The summed E-state index contributed by atoms with van der Waals surface area (Å²) in [4.78, 5) is 0. The molecule has 0 aliphatic carbocycles. The van der Waals surface area contributed by atoms with Crippen LogP contribution in [0, 0.1) is 0 Å². The number of halogens is 1. The Morgan fingerprint density at radius 2 is 2.14 bits per heavy atom. The number of nitrogens with zero attached hydrogens (tertiary/aromatic N) is 2. The number of furan rings is 1. The van der Waals surface area contributed by atoms with E-state index in [-0.39, 0.29) is 6.04 Å². The van der Waals surface area contributed by atoms with Gasteiger partial charge in [-0.05, 0) is 48.9 Å². The first-order chi connectivity index (χ1) is 10.3. The molecule has 0 radical (unpaired) electrons. The molecule has 4 nitrogen and oxygen atoms in total. The average molecular weight is 302 g/mol. The molecule has 0 bridgehead atoms. The van der Waals surface area contributed by atoms with Gasteiger partial charge in [0.2, 0.25) is 0 Å². The Hall–Kier alpha value is -1.91. The number of rotatable bonds is 5. The van der Waals surface area contributed by atoms with Gasteiger partial charge in [0.25, 0.3) is 0 Å². The minimum absolute atomic E-state index is 0.0355. The largest absolute Gasteiger partial charge is 0.459 e. The molecule has 2 aromatic heterocycles. The zero-order valence-electron chi connectivity index (χ0n) is 11.7. The van der Waals surface area contributed by atoms with Gasteiger partial charge in [0.1, 0.15) is 11.3 Å². The van der Waals surface area contributed by atoms with Crippen molar-refractivity contribution >= 4 is 22.6 Å². The number of benzene rings is 1. The number of fused-ring (bicyclic) bond motifs is 1. The van der Waals surface area contributed by atoms with Gasteiger partial charge in [-0.2, -0.15) is 10.2 Å². The molecular weight excluding hydrogens is 286 g/mol. The molecule has 1 atom stereocenters. The number of hydrogen-bond donors (Lipinski definition) is 1. The summed E-state index contributed by atoms with van der Waals surface area (Å²) in [5.74, 6) is 0.855. The monoisotopic (exact) mass is 301 g/mol. The first-order valence-electron chi connectivity index (χ1n) is 6.97. The van der Waals surface area contributed by atoms with Crippen molar-refractivity contribution in [1.29, 1.82) is 0 Å². The smallest absolute Gasteiger partial charge is 0.134 e. The fraction of sp³-hybridized carbons (Fsp3) is 0.250. The third-order valence-corrected chi connectivity index (χ3v) is 3.56. The Kier molecular flexibility index (Phi) is 4.18. The van der Waals surface area contributed by atoms with Crippen LogP contribution in [0.2, 0.25) is 5.02 Å². The molecule has 0 fully saturated rings. The van der Waals surface area contributed by atoms with Crippen molar-refractivity contribution in [1.82, 2.24) is 15.5 Å². The van der Waals surface area contributed by atoms with Crippen LogP contribution in [0.1, 0.15) is 30.7 Å². The van der Waals surface area contributed by atoms with Crippen molar-refractivity contribution in [2.24, 2.45) is 0 Å². The second kappa shape index (κ2) is 6.24. The summed E-state index contributed by atoms with van der Waals surface area (Å²) < 4.78 is 5.97. The van der Waals surface area contributed by atoms with Crippen molar-refractivity contribution in [3.8, 4) is 0 Å². The fourth-order valence-electron chi connectivity index (χ4n) is 2.32. The third kappa shape index (κ3) is 3.06. The number of hydrogen-bond acceptors (Lipinski definition) is 4. The highest BCUT2D eigenvalue weighted by molar-refractivity contribution is 6.31. The van der Waals surface area contributed by atoms with Crippen molar-refractivity contribution in [3.63, 3.8) is 0 Å². The van der Waals surface area contributed by atoms with Crippen molar-refractivity contribution in [2.45, 2.75) is 19.4 Å². The molecule has 108 valence electrons. The molecule has 1 unspecified atom stereocenters. The molecule has 1 aromatic carbocycles. The molecule has 0 amide bonds. The predicted octanol–water partition coefficient (Wildman–Crippen LogP) is 3.97. The summed E-state index contributed by atoms with van der Waals surface area (Å²) in [6.45, 7) is 3.03. The summed E-state index contributed by atoms with van der Waals surface area (Å²) in [5.41, 5.74) is 1.86. The predicted molar refractivity (Wildman–Crippen MR) is 83.4 cm³/mol. The summed E-state index contributed by atoms with van der Waals surface area (Å²) in [7, 11) is 0. The van der Waals surface area contributed by atoms with Crippen LogP contribution in [0.15, 0.2) is 47.1 Å². The normalized spacial score (nSPS) is 12.7. The van der Waals surface area contributed by atoms with Crippen LogP contribution in [0.4, 0.5) is 0 Å². The van der Waals surface area contributed by atoms with E-state index in [1.54, 1.807) is 12.4 Å². The molecule has 0 aliphatic heterocycles. The highest BCUT2D eigenvalue weighted by Crippen LogP contribution is 2.29. The van der Waals surface area contributed by atoms with Crippen molar-refractivity contribution < 1.29 is 4.42 Å². The van der Waals surface area contributed by atoms with E-state index in [0.717, 1.165) is 35.3 Å². The lowest BCUT2D eigenvalue weighted by molar-refractivity contribution is 0.468. The Bertz CT molecular complexity index is 727. The van der Waals surface area contributed by atoms with Gasteiger partial charge in [0.15, 0.2) is 0 Å². The van der Waals surface area contributed by atoms with Crippen LogP contribution in [0.3, 0.4) is 0 Å². The van der Waals surface area contributed by atoms with Gasteiger partial charge in [-0.15, -0.1) is 0 Å². The van der Waals surface area contributed by atoms with Crippen LogP contribution in [-0.4, -0.2) is 16.7 Å². The zero-order valence-corrected chi connectivity index (χ0v) is 12.5. The zero-order chi connectivity index (χ0) is 14.7. The second-order valence-corrected chi connectivity index (χ2v) is 5.33.